The van der Waals surface area contributed by atoms with Gasteiger partial charge in [0, 0.05) is 24.8 Å². The summed E-state index contributed by atoms with van der Waals surface area (Å²) in [5.41, 5.74) is 1.07. The second-order valence-electron chi connectivity index (χ2n) is 4.36. The highest BCUT2D eigenvalue weighted by Crippen LogP contribution is 2.25. The molecule has 3 aromatic rings. The Labute approximate surface area is 110 Å². The van der Waals surface area contributed by atoms with Gasteiger partial charge in [-0.25, -0.2) is 4.98 Å². The van der Waals surface area contributed by atoms with Gasteiger partial charge in [-0.15, -0.1) is 0 Å². The van der Waals surface area contributed by atoms with E-state index in [9.17, 15) is 5.11 Å². The lowest BCUT2D eigenvalue weighted by molar-refractivity contribution is 0.476. The first-order chi connectivity index (χ1) is 9.24. The lowest BCUT2D eigenvalue weighted by Crippen LogP contribution is -2.06. The summed E-state index contributed by atoms with van der Waals surface area (Å²) in [4.78, 5) is 4.33. The molecule has 1 aromatic carbocycles. The molecule has 0 aliphatic rings. The Kier molecular flexibility index (Phi) is 2.79. The molecule has 5 heteroatoms. The fourth-order valence-electron chi connectivity index (χ4n) is 2.05. The number of hydrogen-bond donors (Lipinski definition) is 2. The SMILES string of the molecule is Cn1nccc1CNc1nccc2ccc(O)cc12. The van der Waals surface area contributed by atoms with E-state index in [-0.39, 0.29) is 5.75 Å². The smallest absolute Gasteiger partial charge is 0.134 e. The predicted molar refractivity (Wildman–Crippen MR) is 73.9 cm³/mol. The van der Waals surface area contributed by atoms with E-state index >= 15 is 0 Å². The number of hydrogen-bond acceptors (Lipinski definition) is 4. The number of nitrogens with one attached hydrogen (secondary N) is 1. The Morgan fingerprint density at radius 1 is 1.21 bits per heavy atom. The van der Waals surface area contributed by atoms with Gasteiger partial charge in [0.15, 0.2) is 0 Å². The van der Waals surface area contributed by atoms with Crippen LogP contribution in [0.15, 0.2) is 42.7 Å². The molecule has 0 spiro atoms. The predicted octanol–water partition coefficient (Wildman–Crippen LogP) is 2.29. The van der Waals surface area contributed by atoms with Gasteiger partial charge in [0.2, 0.25) is 0 Å². The number of fused-ring (bicyclic) bond motifs is 1. The van der Waals surface area contributed by atoms with Gasteiger partial charge in [0.25, 0.3) is 0 Å². The first-order valence-corrected chi connectivity index (χ1v) is 6.02. The van der Waals surface area contributed by atoms with Crippen molar-refractivity contribution in [3.63, 3.8) is 0 Å². The van der Waals surface area contributed by atoms with Crippen LogP contribution in [0.3, 0.4) is 0 Å². The van der Waals surface area contributed by atoms with Gasteiger partial charge in [-0.3, -0.25) is 4.68 Å². The van der Waals surface area contributed by atoms with E-state index in [0.29, 0.717) is 6.54 Å². The molecule has 0 bridgehead atoms. The molecule has 0 unspecified atom stereocenters. The van der Waals surface area contributed by atoms with Crippen LogP contribution >= 0.6 is 0 Å². The maximum absolute atomic E-state index is 9.58. The average Bonchev–Trinajstić information content (AvgIpc) is 2.82. The maximum atomic E-state index is 9.58. The van der Waals surface area contributed by atoms with E-state index in [1.807, 2.05) is 29.9 Å². The minimum Gasteiger partial charge on any atom is -0.508 e. The van der Waals surface area contributed by atoms with E-state index in [1.54, 1.807) is 24.5 Å². The Bertz CT molecular complexity index is 720. The van der Waals surface area contributed by atoms with Gasteiger partial charge >= 0.3 is 0 Å². The number of aryl methyl sites for hydroxylation is 1. The van der Waals surface area contributed by atoms with Crippen LogP contribution in [0.25, 0.3) is 10.8 Å². The second-order valence-corrected chi connectivity index (χ2v) is 4.36. The summed E-state index contributed by atoms with van der Waals surface area (Å²) >= 11 is 0. The fourth-order valence-corrected chi connectivity index (χ4v) is 2.05. The third-order valence-electron chi connectivity index (χ3n) is 3.11. The first-order valence-electron chi connectivity index (χ1n) is 6.02. The van der Waals surface area contributed by atoms with Crippen molar-refractivity contribution >= 4 is 16.6 Å². The van der Waals surface area contributed by atoms with Crippen molar-refractivity contribution in [2.75, 3.05) is 5.32 Å². The summed E-state index contributed by atoms with van der Waals surface area (Å²) in [5.74, 6) is 0.999. The molecule has 0 radical (unpaired) electrons. The molecule has 0 aliphatic heterocycles. The van der Waals surface area contributed by atoms with Crippen molar-refractivity contribution in [1.29, 1.82) is 0 Å². The number of nitrogens with zero attached hydrogens (tertiary/aromatic N) is 3. The van der Waals surface area contributed by atoms with Crippen molar-refractivity contribution in [3.8, 4) is 5.75 Å². The highest BCUT2D eigenvalue weighted by Gasteiger charge is 2.04. The van der Waals surface area contributed by atoms with Crippen LogP contribution in [0.4, 0.5) is 5.82 Å². The zero-order valence-electron chi connectivity index (χ0n) is 10.5. The van der Waals surface area contributed by atoms with E-state index in [2.05, 4.69) is 15.4 Å². The van der Waals surface area contributed by atoms with Crippen molar-refractivity contribution in [3.05, 3.63) is 48.4 Å². The zero-order chi connectivity index (χ0) is 13.2. The lowest BCUT2D eigenvalue weighted by Gasteiger charge is -2.09. The summed E-state index contributed by atoms with van der Waals surface area (Å²) in [6, 6.07) is 9.14. The summed E-state index contributed by atoms with van der Waals surface area (Å²) in [5, 5.41) is 18.9. The van der Waals surface area contributed by atoms with Gasteiger partial charge < -0.3 is 10.4 Å². The topological polar surface area (TPSA) is 63.0 Å². The number of anilines is 1. The maximum Gasteiger partial charge on any atom is 0.134 e. The van der Waals surface area contributed by atoms with Gasteiger partial charge in [-0.2, -0.15) is 5.10 Å². The largest absolute Gasteiger partial charge is 0.508 e. The monoisotopic (exact) mass is 254 g/mol. The lowest BCUT2D eigenvalue weighted by atomic mass is 10.1. The second kappa shape index (κ2) is 4.61. The van der Waals surface area contributed by atoms with Crippen LogP contribution in [0.2, 0.25) is 0 Å². The normalized spacial score (nSPS) is 10.8. The molecule has 3 rings (SSSR count). The number of phenols is 1. The molecule has 0 saturated heterocycles. The molecule has 0 fully saturated rings. The quantitative estimate of drug-likeness (QED) is 0.752. The van der Waals surface area contributed by atoms with Crippen molar-refractivity contribution in [1.82, 2.24) is 14.8 Å². The molecule has 0 aliphatic carbocycles. The number of aromatic nitrogens is 3. The molecule has 0 atom stereocenters. The minimum absolute atomic E-state index is 0.240. The van der Waals surface area contributed by atoms with E-state index in [1.165, 1.54) is 0 Å². The molecule has 19 heavy (non-hydrogen) atoms. The van der Waals surface area contributed by atoms with Crippen LogP contribution in [-0.4, -0.2) is 19.9 Å². The van der Waals surface area contributed by atoms with Crippen LogP contribution in [0.1, 0.15) is 5.69 Å². The number of phenolic OH excluding ortho intramolecular Hbond substituents is 1. The van der Waals surface area contributed by atoms with Crippen LogP contribution in [-0.2, 0) is 13.6 Å². The van der Waals surface area contributed by atoms with Crippen molar-refractivity contribution in [2.45, 2.75) is 6.54 Å². The molecular formula is C14H14N4O. The highest BCUT2D eigenvalue weighted by molar-refractivity contribution is 5.92. The third kappa shape index (κ3) is 2.22. The minimum atomic E-state index is 0.240. The van der Waals surface area contributed by atoms with Gasteiger partial charge in [0.05, 0.1) is 12.2 Å². The van der Waals surface area contributed by atoms with Crippen molar-refractivity contribution in [2.24, 2.45) is 7.05 Å². The van der Waals surface area contributed by atoms with E-state index in [0.717, 1.165) is 22.3 Å². The zero-order valence-corrected chi connectivity index (χ0v) is 10.5. The molecule has 0 amide bonds. The molecule has 96 valence electrons. The molecular weight excluding hydrogens is 240 g/mol. The number of pyridine rings is 1. The summed E-state index contributed by atoms with van der Waals surface area (Å²) in [6.45, 7) is 0.637. The van der Waals surface area contributed by atoms with Gasteiger partial charge in [-0.1, -0.05) is 6.07 Å². The van der Waals surface area contributed by atoms with Gasteiger partial charge in [0.1, 0.15) is 11.6 Å². The summed E-state index contributed by atoms with van der Waals surface area (Å²) < 4.78 is 1.82. The molecule has 0 saturated carbocycles. The number of aromatic hydroxyl groups is 1. The molecule has 2 N–H and O–H groups in total. The molecule has 5 nitrogen and oxygen atoms in total. The Balaban J connectivity index is 1.92. The summed E-state index contributed by atoms with van der Waals surface area (Å²) in [7, 11) is 1.90. The van der Waals surface area contributed by atoms with Crippen molar-refractivity contribution < 1.29 is 5.11 Å². The number of benzene rings is 1. The molecule has 2 aromatic heterocycles. The van der Waals surface area contributed by atoms with E-state index in [4.69, 9.17) is 0 Å². The fraction of sp³-hybridized carbons (Fsp3) is 0.143. The Morgan fingerprint density at radius 2 is 2.11 bits per heavy atom. The van der Waals surface area contributed by atoms with Crippen LogP contribution < -0.4 is 5.32 Å². The Hall–Kier alpha value is -2.56. The molecule has 2 heterocycles. The average molecular weight is 254 g/mol. The number of rotatable bonds is 3. The van der Waals surface area contributed by atoms with Gasteiger partial charge in [-0.05, 0) is 29.7 Å². The standard InChI is InChI=1S/C14H14N4O/c1-18-11(5-7-17-18)9-16-14-13-8-12(19)3-2-10(13)4-6-15-14/h2-8,19H,9H2,1H3,(H,15,16). The van der Waals surface area contributed by atoms with Crippen LogP contribution in [0.5, 0.6) is 5.75 Å². The van der Waals surface area contributed by atoms with Crippen LogP contribution in [0, 0.1) is 0 Å². The summed E-state index contributed by atoms with van der Waals surface area (Å²) in [6.07, 6.45) is 3.52. The third-order valence-corrected chi connectivity index (χ3v) is 3.11. The Morgan fingerprint density at radius 3 is 2.89 bits per heavy atom. The highest BCUT2D eigenvalue weighted by atomic mass is 16.3. The first kappa shape index (κ1) is 11.5. The van der Waals surface area contributed by atoms with E-state index < -0.39 is 0 Å².